The van der Waals surface area contributed by atoms with Gasteiger partial charge in [0, 0.05) is 12.2 Å². The van der Waals surface area contributed by atoms with Crippen molar-refractivity contribution in [1.82, 2.24) is 4.90 Å². The molecule has 1 atom stereocenters. The second kappa shape index (κ2) is 5.93. The Morgan fingerprint density at radius 1 is 1.33 bits per heavy atom. The lowest BCUT2D eigenvalue weighted by Crippen LogP contribution is -2.49. The van der Waals surface area contributed by atoms with E-state index in [1.165, 1.54) is 12.1 Å². The number of hydrogen-bond donors (Lipinski definition) is 1. The van der Waals surface area contributed by atoms with Crippen molar-refractivity contribution < 1.29 is 23.1 Å². The number of hydrogen-bond acceptors (Lipinski definition) is 2. The highest BCUT2D eigenvalue weighted by Crippen LogP contribution is 2.31. The number of carboxylic acid groups (broad SMARTS) is 1. The van der Waals surface area contributed by atoms with E-state index in [9.17, 15) is 23.1 Å². The highest BCUT2D eigenvalue weighted by Gasteiger charge is 2.32. The Labute approximate surface area is 120 Å². The minimum atomic E-state index is -4.42. The zero-order valence-corrected chi connectivity index (χ0v) is 11.6. The molecule has 0 aromatic heterocycles. The van der Waals surface area contributed by atoms with Crippen molar-refractivity contribution in [3.63, 3.8) is 0 Å². The van der Waals surface area contributed by atoms with Gasteiger partial charge in [-0.1, -0.05) is 0 Å². The van der Waals surface area contributed by atoms with Crippen LogP contribution in [-0.2, 0) is 6.18 Å². The molecule has 1 aliphatic rings. The van der Waals surface area contributed by atoms with Crippen molar-refractivity contribution >= 4 is 11.8 Å². The maximum Gasteiger partial charge on any atom is 0.416 e. The van der Waals surface area contributed by atoms with Gasteiger partial charge >= 0.3 is 12.3 Å². The fourth-order valence-electron chi connectivity index (χ4n) is 2.64. The molecule has 1 aliphatic heterocycles. The second-order valence-corrected chi connectivity index (χ2v) is 5.26. The lowest BCUT2D eigenvalue weighted by Gasteiger charge is -2.36. The number of likely N-dealkylation sites (tertiary alicyclic amines) is 1. The van der Waals surface area contributed by atoms with Crippen LogP contribution < -0.4 is 4.90 Å². The topological polar surface area (TPSA) is 43.8 Å². The summed E-state index contributed by atoms with van der Waals surface area (Å²) < 4.78 is 37.6. The van der Waals surface area contributed by atoms with E-state index in [0.29, 0.717) is 13.0 Å². The van der Waals surface area contributed by atoms with Gasteiger partial charge in [0.2, 0.25) is 0 Å². The smallest absolute Gasteiger partial charge is 0.416 e. The predicted molar refractivity (Wildman–Crippen MR) is 72.5 cm³/mol. The molecule has 0 bridgehead atoms. The number of amides is 1. The predicted octanol–water partition coefficient (Wildman–Crippen LogP) is 3.28. The Bertz CT molecular complexity index is 502. The third kappa shape index (κ3) is 3.66. The molecule has 1 heterocycles. The molecule has 7 heteroatoms. The quantitative estimate of drug-likeness (QED) is 0.911. The molecule has 1 aromatic rings. The van der Waals surface area contributed by atoms with Gasteiger partial charge in [-0.2, -0.15) is 13.2 Å². The average Bonchev–Trinajstić information content (AvgIpc) is 2.38. The molecule has 0 aliphatic carbocycles. The van der Waals surface area contributed by atoms with Gasteiger partial charge in [-0.25, -0.2) is 4.79 Å². The maximum absolute atomic E-state index is 12.5. The van der Waals surface area contributed by atoms with Crippen LogP contribution in [0.5, 0.6) is 0 Å². The Kier molecular flexibility index (Phi) is 4.41. The summed E-state index contributed by atoms with van der Waals surface area (Å²) in [5.74, 6) is 0. The van der Waals surface area contributed by atoms with Gasteiger partial charge in [0.05, 0.1) is 11.6 Å². The number of benzene rings is 1. The third-order valence-electron chi connectivity index (χ3n) is 3.64. The lowest BCUT2D eigenvalue weighted by atomic mass is 10.0. The van der Waals surface area contributed by atoms with Crippen molar-refractivity contribution in [3.05, 3.63) is 29.8 Å². The number of halogens is 3. The number of rotatable bonds is 2. The molecule has 1 saturated heterocycles. The van der Waals surface area contributed by atoms with Crippen LogP contribution in [-0.4, -0.2) is 42.3 Å². The average molecular weight is 302 g/mol. The van der Waals surface area contributed by atoms with Crippen molar-refractivity contribution in [1.29, 1.82) is 0 Å². The van der Waals surface area contributed by atoms with E-state index in [2.05, 4.69) is 0 Å². The van der Waals surface area contributed by atoms with E-state index in [1.54, 1.807) is 0 Å². The van der Waals surface area contributed by atoms with Gasteiger partial charge in [-0.15, -0.1) is 0 Å². The zero-order valence-electron chi connectivity index (χ0n) is 11.6. The van der Waals surface area contributed by atoms with E-state index in [-0.39, 0.29) is 11.7 Å². The zero-order chi connectivity index (χ0) is 15.6. The summed E-state index contributed by atoms with van der Waals surface area (Å²) in [7, 11) is 1.90. The molecular weight excluding hydrogens is 285 g/mol. The SMILES string of the molecule is CN1CCCC(N(C(=O)O)c2ccc(C(F)(F)F)cc2)C1. The van der Waals surface area contributed by atoms with Crippen LogP contribution in [0, 0.1) is 0 Å². The highest BCUT2D eigenvalue weighted by molar-refractivity contribution is 5.86. The number of piperidine rings is 1. The second-order valence-electron chi connectivity index (χ2n) is 5.26. The molecule has 1 amide bonds. The Morgan fingerprint density at radius 2 is 1.95 bits per heavy atom. The van der Waals surface area contributed by atoms with Crippen LogP contribution in [0.2, 0.25) is 0 Å². The summed E-state index contributed by atoms with van der Waals surface area (Å²) in [6, 6.07) is 4.02. The van der Waals surface area contributed by atoms with E-state index >= 15 is 0 Å². The van der Waals surface area contributed by atoms with Crippen molar-refractivity contribution in [2.45, 2.75) is 25.1 Å². The van der Waals surface area contributed by atoms with Gasteiger partial charge in [0.1, 0.15) is 0 Å². The molecule has 1 fully saturated rings. The number of carbonyl (C=O) groups is 1. The van der Waals surface area contributed by atoms with E-state index in [1.807, 2.05) is 11.9 Å². The van der Waals surface area contributed by atoms with E-state index in [0.717, 1.165) is 30.0 Å². The van der Waals surface area contributed by atoms with Crippen LogP contribution in [0.3, 0.4) is 0 Å². The van der Waals surface area contributed by atoms with E-state index in [4.69, 9.17) is 0 Å². The van der Waals surface area contributed by atoms with Gasteiger partial charge in [-0.05, 0) is 50.7 Å². The number of nitrogens with zero attached hydrogens (tertiary/aromatic N) is 2. The molecule has 1 aromatic carbocycles. The van der Waals surface area contributed by atoms with Crippen LogP contribution >= 0.6 is 0 Å². The number of anilines is 1. The molecular formula is C14H17F3N2O2. The molecule has 116 valence electrons. The lowest BCUT2D eigenvalue weighted by molar-refractivity contribution is -0.137. The normalized spacial score (nSPS) is 20.3. The Morgan fingerprint density at radius 3 is 2.43 bits per heavy atom. The van der Waals surface area contributed by atoms with Crippen molar-refractivity contribution in [2.75, 3.05) is 25.0 Å². The maximum atomic E-state index is 12.5. The highest BCUT2D eigenvalue weighted by atomic mass is 19.4. The summed E-state index contributed by atoms with van der Waals surface area (Å²) in [4.78, 5) is 14.7. The minimum absolute atomic E-state index is 0.238. The standard InChI is InChI=1S/C14H17F3N2O2/c1-18-8-2-3-12(9-18)19(13(20)21)11-6-4-10(5-7-11)14(15,16)17/h4-7,12H,2-3,8-9H2,1H3,(H,20,21). The first-order chi connectivity index (χ1) is 9.79. The van der Waals surface area contributed by atoms with Gasteiger partial charge in [0.15, 0.2) is 0 Å². The third-order valence-corrected chi connectivity index (χ3v) is 3.64. The summed E-state index contributed by atoms with van der Waals surface area (Å²) >= 11 is 0. The van der Waals surface area contributed by atoms with Gasteiger partial charge in [-0.3, -0.25) is 4.90 Å². The Balaban J connectivity index is 2.24. The van der Waals surface area contributed by atoms with E-state index < -0.39 is 17.8 Å². The molecule has 2 rings (SSSR count). The monoisotopic (exact) mass is 302 g/mol. The van der Waals surface area contributed by atoms with Crippen LogP contribution in [0.25, 0.3) is 0 Å². The first-order valence-electron chi connectivity index (χ1n) is 6.67. The first kappa shape index (κ1) is 15.6. The molecule has 0 spiro atoms. The van der Waals surface area contributed by atoms with Crippen LogP contribution in [0.1, 0.15) is 18.4 Å². The molecule has 4 nitrogen and oxygen atoms in total. The van der Waals surface area contributed by atoms with Crippen molar-refractivity contribution in [2.24, 2.45) is 0 Å². The molecule has 0 saturated carbocycles. The summed E-state index contributed by atoms with van der Waals surface area (Å²) in [5.41, 5.74) is -0.506. The summed E-state index contributed by atoms with van der Waals surface area (Å²) in [5, 5.41) is 9.38. The molecule has 1 N–H and O–H groups in total. The number of alkyl halides is 3. The van der Waals surface area contributed by atoms with Crippen LogP contribution in [0.15, 0.2) is 24.3 Å². The fourth-order valence-corrected chi connectivity index (χ4v) is 2.64. The fraction of sp³-hybridized carbons (Fsp3) is 0.500. The van der Waals surface area contributed by atoms with Gasteiger partial charge < -0.3 is 10.0 Å². The summed E-state index contributed by atoms with van der Waals surface area (Å²) in [6.45, 7) is 1.48. The summed E-state index contributed by atoms with van der Waals surface area (Å²) in [6.07, 6.45) is -3.99. The number of likely N-dealkylation sites (N-methyl/N-ethyl adjacent to an activating group) is 1. The first-order valence-corrected chi connectivity index (χ1v) is 6.67. The Hall–Kier alpha value is -1.76. The molecule has 1 unspecified atom stereocenters. The minimum Gasteiger partial charge on any atom is -0.465 e. The van der Waals surface area contributed by atoms with Crippen molar-refractivity contribution in [3.8, 4) is 0 Å². The van der Waals surface area contributed by atoms with Gasteiger partial charge in [0.25, 0.3) is 0 Å². The molecule has 21 heavy (non-hydrogen) atoms. The molecule has 0 radical (unpaired) electrons. The largest absolute Gasteiger partial charge is 0.465 e. The van der Waals surface area contributed by atoms with Crippen LogP contribution in [0.4, 0.5) is 23.7 Å².